The van der Waals surface area contributed by atoms with Gasteiger partial charge in [0.25, 0.3) is 0 Å². The van der Waals surface area contributed by atoms with Gasteiger partial charge in [-0.2, -0.15) is 0 Å². The summed E-state index contributed by atoms with van der Waals surface area (Å²) in [5.74, 6) is 1.77. The van der Waals surface area contributed by atoms with Crippen molar-refractivity contribution in [2.75, 3.05) is 5.32 Å². The Morgan fingerprint density at radius 3 is 2.22 bits per heavy atom. The largest absolute Gasteiger partial charge is 0.487 e. The van der Waals surface area contributed by atoms with Gasteiger partial charge < -0.3 is 15.2 Å². The van der Waals surface area contributed by atoms with Gasteiger partial charge >= 0.3 is 5.97 Å². The van der Waals surface area contributed by atoms with Gasteiger partial charge in [0, 0.05) is 17.8 Å². The fraction of sp³-hybridized carbons (Fsp3) is 0.677. The standard InChI is InChI=1S/C31H49NO4/c1-22(2)10-7-11-23(3)12-8-13-24(4)14-9-18-31(6)19-17-26-21-27(20-25(5)30(26)36-31)32-28(33)15-16-29(34)35/h15-16,20-24H,7-14,17-19H2,1-6H3,(H,32,33)(H,34,35)/b16-15-/t23-,24-,31-/m1/s1. The summed E-state index contributed by atoms with van der Waals surface area (Å²) in [5.41, 5.74) is 2.60. The Bertz CT molecular complexity index is 891. The monoisotopic (exact) mass is 499 g/mol. The summed E-state index contributed by atoms with van der Waals surface area (Å²) in [6.45, 7) is 13.7. The van der Waals surface area contributed by atoms with Gasteiger partial charge in [0.1, 0.15) is 11.4 Å². The van der Waals surface area contributed by atoms with Crippen molar-refractivity contribution in [3.8, 4) is 5.75 Å². The minimum absolute atomic E-state index is 0.155. The molecule has 5 nitrogen and oxygen atoms in total. The van der Waals surface area contributed by atoms with E-state index in [4.69, 9.17) is 9.84 Å². The van der Waals surface area contributed by atoms with Crippen molar-refractivity contribution in [2.45, 2.75) is 118 Å². The Morgan fingerprint density at radius 1 is 1.00 bits per heavy atom. The molecular formula is C31H49NO4. The van der Waals surface area contributed by atoms with E-state index < -0.39 is 11.9 Å². The molecule has 0 spiro atoms. The van der Waals surface area contributed by atoms with Crippen LogP contribution in [0.15, 0.2) is 24.3 Å². The molecule has 36 heavy (non-hydrogen) atoms. The maximum atomic E-state index is 11.9. The highest BCUT2D eigenvalue weighted by molar-refractivity contribution is 6.02. The third kappa shape index (κ3) is 10.8. The van der Waals surface area contributed by atoms with Crippen LogP contribution >= 0.6 is 0 Å². The smallest absolute Gasteiger partial charge is 0.328 e. The topological polar surface area (TPSA) is 75.6 Å². The third-order valence-electron chi connectivity index (χ3n) is 7.54. The summed E-state index contributed by atoms with van der Waals surface area (Å²) < 4.78 is 6.53. The van der Waals surface area contributed by atoms with Crippen LogP contribution in [0, 0.1) is 24.7 Å². The van der Waals surface area contributed by atoms with Gasteiger partial charge in [0.15, 0.2) is 0 Å². The lowest BCUT2D eigenvalue weighted by molar-refractivity contribution is -0.131. The maximum absolute atomic E-state index is 11.9. The average molecular weight is 500 g/mol. The number of ether oxygens (including phenoxy) is 1. The van der Waals surface area contributed by atoms with Crippen molar-refractivity contribution >= 4 is 17.6 Å². The Morgan fingerprint density at radius 2 is 1.61 bits per heavy atom. The minimum Gasteiger partial charge on any atom is -0.487 e. The first kappa shape index (κ1) is 29.9. The molecule has 1 aromatic carbocycles. The summed E-state index contributed by atoms with van der Waals surface area (Å²) in [5, 5.41) is 11.4. The van der Waals surface area contributed by atoms with E-state index in [2.05, 4.69) is 39.9 Å². The van der Waals surface area contributed by atoms with E-state index in [-0.39, 0.29) is 5.60 Å². The zero-order valence-electron chi connectivity index (χ0n) is 23.5. The highest BCUT2D eigenvalue weighted by Gasteiger charge is 2.32. The van der Waals surface area contributed by atoms with Crippen molar-refractivity contribution in [1.82, 2.24) is 0 Å². The Labute approximate surface area is 219 Å². The van der Waals surface area contributed by atoms with Crippen LogP contribution in [0.2, 0.25) is 0 Å². The second-order valence-corrected chi connectivity index (χ2v) is 11.9. The summed E-state index contributed by atoms with van der Waals surface area (Å²) in [6, 6.07) is 3.84. The van der Waals surface area contributed by atoms with Crippen LogP contribution in [0.1, 0.15) is 110 Å². The van der Waals surface area contributed by atoms with Crippen LogP contribution in [-0.2, 0) is 16.0 Å². The molecule has 0 saturated carbocycles. The first-order valence-corrected chi connectivity index (χ1v) is 14.0. The van der Waals surface area contributed by atoms with Crippen molar-refractivity contribution in [3.05, 3.63) is 35.4 Å². The number of fused-ring (bicyclic) bond motifs is 1. The highest BCUT2D eigenvalue weighted by atomic mass is 16.5. The Kier molecular flexibility index (Phi) is 12.0. The molecule has 0 fully saturated rings. The van der Waals surface area contributed by atoms with Gasteiger partial charge in [-0.15, -0.1) is 0 Å². The first-order chi connectivity index (χ1) is 17.0. The van der Waals surface area contributed by atoms with Crippen molar-refractivity contribution in [2.24, 2.45) is 17.8 Å². The second kappa shape index (κ2) is 14.4. The third-order valence-corrected chi connectivity index (χ3v) is 7.54. The highest BCUT2D eigenvalue weighted by Crippen LogP contribution is 2.40. The quantitative estimate of drug-likeness (QED) is 0.239. The summed E-state index contributed by atoms with van der Waals surface area (Å²) in [6.07, 6.45) is 15.3. The zero-order chi connectivity index (χ0) is 26.7. The number of carbonyl (C=O) groups excluding carboxylic acids is 1. The van der Waals surface area contributed by atoms with Crippen molar-refractivity contribution < 1.29 is 19.4 Å². The molecule has 0 unspecified atom stereocenters. The number of carbonyl (C=O) groups is 2. The molecular weight excluding hydrogens is 450 g/mol. The molecule has 5 heteroatoms. The molecule has 202 valence electrons. The van der Waals surface area contributed by atoms with Gasteiger partial charge in [-0.05, 0) is 80.5 Å². The van der Waals surface area contributed by atoms with Crippen LogP contribution in [-0.4, -0.2) is 22.6 Å². The molecule has 1 amide bonds. The van der Waals surface area contributed by atoms with Crippen molar-refractivity contribution in [3.63, 3.8) is 0 Å². The first-order valence-electron chi connectivity index (χ1n) is 14.0. The Balaban J connectivity index is 1.77. The number of benzene rings is 1. The number of aliphatic carboxylic acids is 1. The van der Waals surface area contributed by atoms with Crippen LogP contribution in [0.4, 0.5) is 5.69 Å². The molecule has 2 rings (SSSR count). The molecule has 0 bridgehead atoms. The number of anilines is 1. The van der Waals surface area contributed by atoms with E-state index in [1.165, 1.54) is 51.4 Å². The maximum Gasteiger partial charge on any atom is 0.328 e. The van der Waals surface area contributed by atoms with Crippen LogP contribution in [0.3, 0.4) is 0 Å². The Hall–Kier alpha value is -2.30. The SMILES string of the molecule is Cc1cc(NC(=O)/C=C\C(=O)O)cc2c1O[C@](C)(CCC[C@H](C)CCC[C@H](C)CCCC(C)C)CC2. The van der Waals surface area contributed by atoms with E-state index >= 15 is 0 Å². The fourth-order valence-electron chi connectivity index (χ4n) is 5.26. The van der Waals surface area contributed by atoms with Crippen LogP contribution in [0.5, 0.6) is 5.75 Å². The van der Waals surface area contributed by atoms with E-state index in [0.717, 1.165) is 66.0 Å². The van der Waals surface area contributed by atoms with E-state index in [9.17, 15) is 9.59 Å². The molecule has 3 atom stereocenters. The summed E-state index contributed by atoms with van der Waals surface area (Å²) in [4.78, 5) is 22.6. The number of rotatable bonds is 15. The summed E-state index contributed by atoms with van der Waals surface area (Å²) in [7, 11) is 0. The molecule has 0 saturated heterocycles. The second-order valence-electron chi connectivity index (χ2n) is 11.9. The molecule has 1 heterocycles. The lowest BCUT2D eigenvalue weighted by Crippen LogP contribution is -2.36. The molecule has 1 aromatic rings. The number of amides is 1. The number of carboxylic acids is 1. The number of hydrogen-bond donors (Lipinski definition) is 2. The van der Waals surface area contributed by atoms with Crippen LogP contribution < -0.4 is 10.1 Å². The van der Waals surface area contributed by atoms with Crippen molar-refractivity contribution in [1.29, 1.82) is 0 Å². The predicted octanol–water partition coefficient (Wildman–Crippen LogP) is 8.10. The van der Waals surface area contributed by atoms with Gasteiger partial charge in [-0.25, -0.2) is 4.79 Å². The lowest BCUT2D eigenvalue weighted by Gasteiger charge is -2.37. The minimum atomic E-state index is -1.14. The normalized spacial score (nSPS) is 19.1. The van der Waals surface area contributed by atoms with E-state index in [0.29, 0.717) is 5.69 Å². The molecule has 0 aliphatic carbocycles. The average Bonchev–Trinajstić information content (AvgIpc) is 2.78. The molecule has 0 radical (unpaired) electrons. The molecule has 1 aliphatic heterocycles. The zero-order valence-corrected chi connectivity index (χ0v) is 23.5. The van der Waals surface area contributed by atoms with Gasteiger partial charge in [-0.1, -0.05) is 72.6 Å². The number of nitrogens with one attached hydrogen (secondary N) is 1. The molecule has 1 aliphatic rings. The number of hydrogen-bond acceptors (Lipinski definition) is 3. The molecule has 0 aromatic heterocycles. The van der Waals surface area contributed by atoms with Crippen LogP contribution in [0.25, 0.3) is 0 Å². The predicted molar refractivity (Wildman–Crippen MR) is 149 cm³/mol. The van der Waals surface area contributed by atoms with Gasteiger partial charge in [0.05, 0.1) is 0 Å². The van der Waals surface area contributed by atoms with E-state index in [1.807, 2.05) is 19.1 Å². The molecule has 2 N–H and O–H groups in total. The number of aryl methyl sites for hydroxylation is 2. The van der Waals surface area contributed by atoms with Gasteiger partial charge in [-0.3, -0.25) is 4.79 Å². The number of carboxylic acid groups (broad SMARTS) is 1. The van der Waals surface area contributed by atoms with E-state index in [1.54, 1.807) is 0 Å². The van der Waals surface area contributed by atoms with Gasteiger partial charge in [0.2, 0.25) is 5.91 Å². The fourth-order valence-corrected chi connectivity index (χ4v) is 5.26. The summed E-state index contributed by atoms with van der Waals surface area (Å²) >= 11 is 0. The lowest BCUT2D eigenvalue weighted by atomic mass is 9.85.